The maximum atomic E-state index is 14.1. The van der Waals surface area contributed by atoms with E-state index in [9.17, 15) is 23.2 Å². The minimum Gasteiger partial charge on any atom is -0.468 e. The third kappa shape index (κ3) is 3.59. The summed E-state index contributed by atoms with van der Waals surface area (Å²) >= 11 is 12.3. The van der Waals surface area contributed by atoms with Crippen molar-refractivity contribution in [2.24, 2.45) is 11.8 Å². The maximum Gasteiger partial charge on any atom is 0.323 e. The molecule has 36 heavy (non-hydrogen) atoms. The Morgan fingerprint density at radius 1 is 0.917 bits per heavy atom. The summed E-state index contributed by atoms with van der Waals surface area (Å²) in [5.41, 5.74) is -0.573. The zero-order valence-electron chi connectivity index (χ0n) is 18.7. The van der Waals surface area contributed by atoms with E-state index in [4.69, 9.17) is 27.9 Å². The number of carbonyl (C=O) groups excluding carboxylic acids is 3. The van der Waals surface area contributed by atoms with Crippen LogP contribution in [0.5, 0.6) is 0 Å². The highest BCUT2D eigenvalue weighted by Gasteiger charge is 2.68. The van der Waals surface area contributed by atoms with Gasteiger partial charge in [0.05, 0.1) is 35.2 Å². The molecule has 1 N–H and O–H groups in total. The second kappa shape index (κ2) is 8.96. The Labute approximate surface area is 214 Å². The molecule has 2 saturated heterocycles. The molecule has 0 aromatic heterocycles. The summed E-state index contributed by atoms with van der Waals surface area (Å²) in [6.45, 7) is 0. The zero-order valence-corrected chi connectivity index (χ0v) is 20.2. The number of carbonyl (C=O) groups is 3. The van der Waals surface area contributed by atoms with Gasteiger partial charge < -0.3 is 4.74 Å². The van der Waals surface area contributed by atoms with E-state index in [0.29, 0.717) is 16.1 Å². The van der Waals surface area contributed by atoms with Crippen molar-refractivity contribution in [3.63, 3.8) is 0 Å². The molecule has 3 atom stereocenters. The summed E-state index contributed by atoms with van der Waals surface area (Å²) in [6.07, 6.45) is 0. The standard InChI is InChI=1S/C26H18Cl2F2N2O4/c1-36-25(35)22-20-21(24(34)32(23(20)33)19-11-6-15(27)12-18(19)28)26(31-22,13-2-7-16(29)8-3-13)14-4-9-17(30)10-5-14/h2-12,20-22,31H,1H3/t20-,21+,22-/m1/s1. The third-order valence-electron chi connectivity index (χ3n) is 6.76. The number of rotatable bonds is 4. The average molecular weight is 531 g/mol. The number of amides is 2. The molecule has 2 aliphatic heterocycles. The lowest BCUT2D eigenvalue weighted by atomic mass is 9.71. The molecule has 0 aliphatic carbocycles. The number of fused-ring (bicyclic) bond motifs is 1. The molecule has 3 aromatic rings. The first kappa shape index (κ1) is 24.4. The Morgan fingerprint density at radius 3 is 1.97 bits per heavy atom. The van der Waals surface area contributed by atoms with Crippen LogP contribution in [0.2, 0.25) is 10.0 Å². The summed E-state index contributed by atoms with van der Waals surface area (Å²) in [7, 11) is 1.17. The molecule has 0 bridgehead atoms. The van der Waals surface area contributed by atoms with E-state index in [2.05, 4.69) is 5.32 Å². The largest absolute Gasteiger partial charge is 0.468 e. The van der Waals surface area contributed by atoms with E-state index in [0.717, 1.165) is 4.90 Å². The molecule has 2 fully saturated rings. The first-order valence-corrected chi connectivity index (χ1v) is 11.6. The molecule has 184 valence electrons. The second-order valence-corrected chi connectivity index (χ2v) is 9.42. The van der Waals surface area contributed by atoms with Crippen molar-refractivity contribution in [1.82, 2.24) is 5.32 Å². The Hall–Kier alpha value is -3.33. The van der Waals surface area contributed by atoms with Gasteiger partial charge in [-0.05, 0) is 53.6 Å². The normalized spacial score (nSPS) is 22.6. The van der Waals surface area contributed by atoms with Crippen molar-refractivity contribution < 1.29 is 27.9 Å². The van der Waals surface area contributed by atoms with Gasteiger partial charge in [0.15, 0.2) is 0 Å². The van der Waals surface area contributed by atoms with Gasteiger partial charge in [0.2, 0.25) is 11.8 Å². The van der Waals surface area contributed by atoms with E-state index in [1.807, 2.05) is 0 Å². The van der Waals surface area contributed by atoms with Crippen molar-refractivity contribution in [3.05, 3.63) is 99.5 Å². The van der Waals surface area contributed by atoms with Crippen LogP contribution < -0.4 is 10.2 Å². The summed E-state index contributed by atoms with van der Waals surface area (Å²) in [5, 5.41) is 3.52. The van der Waals surface area contributed by atoms with Gasteiger partial charge in [-0.15, -0.1) is 0 Å². The summed E-state index contributed by atoms with van der Waals surface area (Å²) in [5.74, 6) is -5.46. The van der Waals surface area contributed by atoms with Crippen LogP contribution in [0.4, 0.5) is 14.5 Å². The van der Waals surface area contributed by atoms with Gasteiger partial charge >= 0.3 is 5.97 Å². The summed E-state index contributed by atoms with van der Waals surface area (Å²) in [4.78, 5) is 41.7. The molecule has 2 aliphatic rings. The number of ether oxygens (including phenoxy) is 1. The Morgan fingerprint density at radius 2 is 1.47 bits per heavy atom. The Balaban J connectivity index is 1.76. The number of benzene rings is 3. The molecule has 3 aromatic carbocycles. The highest BCUT2D eigenvalue weighted by molar-refractivity contribution is 6.38. The van der Waals surface area contributed by atoms with Crippen LogP contribution in [0.25, 0.3) is 0 Å². The minimum absolute atomic E-state index is 0.0703. The lowest BCUT2D eigenvalue weighted by Gasteiger charge is -2.36. The van der Waals surface area contributed by atoms with E-state index in [-0.39, 0.29) is 10.7 Å². The molecule has 0 unspecified atom stereocenters. The number of esters is 1. The number of nitrogens with zero attached hydrogens (tertiary/aromatic N) is 1. The smallest absolute Gasteiger partial charge is 0.323 e. The molecular weight excluding hydrogens is 513 g/mol. The fraction of sp³-hybridized carbons (Fsp3) is 0.192. The van der Waals surface area contributed by atoms with Crippen molar-refractivity contribution in [3.8, 4) is 0 Å². The van der Waals surface area contributed by atoms with E-state index in [1.165, 1.54) is 73.8 Å². The number of nitrogens with one attached hydrogen (secondary N) is 1. The van der Waals surface area contributed by atoms with E-state index < -0.39 is 52.8 Å². The van der Waals surface area contributed by atoms with Crippen LogP contribution in [-0.4, -0.2) is 30.9 Å². The molecule has 0 saturated carbocycles. The number of anilines is 1. The third-order valence-corrected chi connectivity index (χ3v) is 7.30. The quantitative estimate of drug-likeness (QED) is 0.398. The van der Waals surface area contributed by atoms with E-state index >= 15 is 0 Å². The van der Waals surface area contributed by atoms with Gasteiger partial charge in [0, 0.05) is 5.02 Å². The average Bonchev–Trinajstić information content (AvgIpc) is 3.34. The summed E-state index contributed by atoms with van der Waals surface area (Å²) < 4.78 is 32.7. The number of methoxy groups -OCH3 is 1. The van der Waals surface area contributed by atoms with Crippen LogP contribution in [0, 0.1) is 23.5 Å². The van der Waals surface area contributed by atoms with Crippen LogP contribution in [0.3, 0.4) is 0 Å². The fourth-order valence-corrected chi connectivity index (χ4v) is 5.75. The number of halogens is 4. The zero-order chi connectivity index (χ0) is 25.8. The second-order valence-electron chi connectivity index (χ2n) is 8.58. The molecule has 0 spiro atoms. The lowest BCUT2D eigenvalue weighted by molar-refractivity contribution is -0.145. The molecule has 0 radical (unpaired) electrons. The number of hydrogen-bond acceptors (Lipinski definition) is 5. The van der Waals surface area contributed by atoms with Crippen LogP contribution >= 0.6 is 23.2 Å². The SMILES string of the molecule is COC(=O)[C@@H]1NC(c2ccc(F)cc2)(c2ccc(F)cc2)[C@@H]2C(=O)N(c3ccc(Cl)cc3Cl)C(=O)[C@H]21. The summed E-state index contributed by atoms with van der Waals surface area (Å²) in [6, 6.07) is 13.7. The van der Waals surface area contributed by atoms with Crippen molar-refractivity contribution in [1.29, 1.82) is 0 Å². The maximum absolute atomic E-state index is 14.1. The molecule has 2 amide bonds. The van der Waals surface area contributed by atoms with Gasteiger partial charge in [0.25, 0.3) is 0 Å². The number of imide groups is 1. The van der Waals surface area contributed by atoms with Gasteiger partial charge in [-0.3, -0.25) is 19.7 Å². The number of hydrogen-bond donors (Lipinski definition) is 1. The van der Waals surface area contributed by atoms with Crippen LogP contribution in [0.1, 0.15) is 11.1 Å². The fourth-order valence-electron chi connectivity index (χ4n) is 5.26. The first-order chi connectivity index (χ1) is 17.2. The lowest BCUT2D eigenvalue weighted by Crippen LogP contribution is -2.52. The molecule has 2 heterocycles. The monoisotopic (exact) mass is 530 g/mol. The Bertz CT molecular complexity index is 1340. The molecule has 5 rings (SSSR count). The first-order valence-electron chi connectivity index (χ1n) is 10.9. The van der Waals surface area contributed by atoms with Crippen LogP contribution in [-0.2, 0) is 24.7 Å². The predicted molar refractivity (Wildman–Crippen MR) is 128 cm³/mol. The van der Waals surface area contributed by atoms with Gasteiger partial charge in [-0.25, -0.2) is 13.7 Å². The minimum atomic E-state index is -1.49. The van der Waals surface area contributed by atoms with Crippen molar-refractivity contribution >= 4 is 46.7 Å². The van der Waals surface area contributed by atoms with Crippen molar-refractivity contribution in [2.45, 2.75) is 11.6 Å². The van der Waals surface area contributed by atoms with Gasteiger partial charge in [-0.2, -0.15) is 0 Å². The Kier molecular flexibility index (Phi) is 6.06. The topological polar surface area (TPSA) is 75.7 Å². The van der Waals surface area contributed by atoms with E-state index in [1.54, 1.807) is 0 Å². The molecule has 10 heteroatoms. The van der Waals surface area contributed by atoms with Crippen molar-refractivity contribution in [2.75, 3.05) is 12.0 Å². The molecule has 6 nitrogen and oxygen atoms in total. The highest BCUT2D eigenvalue weighted by Crippen LogP contribution is 2.53. The molecular formula is C26H18Cl2F2N2O4. The van der Waals surface area contributed by atoms with Gasteiger partial charge in [0.1, 0.15) is 17.7 Å². The predicted octanol–water partition coefficient (Wildman–Crippen LogP) is 4.47. The van der Waals surface area contributed by atoms with Gasteiger partial charge in [-0.1, -0.05) is 47.5 Å². The van der Waals surface area contributed by atoms with Crippen LogP contribution in [0.15, 0.2) is 66.7 Å². The highest BCUT2D eigenvalue weighted by atomic mass is 35.5.